The van der Waals surface area contributed by atoms with Crippen LogP contribution in [0.2, 0.25) is 0 Å². The molecule has 1 saturated heterocycles. The molecule has 1 aliphatic rings. The minimum atomic E-state index is -1.13. The van der Waals surface area contributed by atoms with E-state index in [-0.39, 0.29) is 31.3 Å². The summed E-state index contributed by atoms with van der Waals surface area (Å²) >= 11 is 0. The van der Waals surface area contributed by atoms with Gasteiger partial charge >= 0.3 is 6.41 Å². The first kappa shape index (κ1) is 12.9. The molecule has 0 radical (unpaired) electrons. The highest BCUT2D eigenvalue weighted by molar-refractivity contribution is 6.00. The van der Waals surface area contributed by atoms with E-state index in [2.05, 4.69) is 0 Å². The zero-order valence-electron chi connectivity index (χ0n) is 9.86. The zero-order valence-corrected chi connectivity index (χ0v) is 9.86. The van der Waals surface area contributed by atoms with Gasteiger partial charge in [-0.05, 0) is 6.42 Å². The number of amides is 1. The number of carbonyl (C=O) groups is 2. The number of quaternary nitrogens is 1. The van der Waals surface area contributed by atoms with Gasteiger partial charge in [0.1, 0.15) is 0 Å². The van der Waals surface area contributed by atoms with Crippen molar-refractivity contribution in [3.8, 4) is 0 Å². The molecule has 1 fully saturated rings. The first-order chi connectivity index (χ1) is 8.62. The van der Waals surface area contributed by atoms with Crippen molar-refractivity contribution in [2.75, 3.05) is 13.2 Å². The molecule has 2 rings (SSSR count). The average Bonchev–Trinajstić information content (AvgIpc) is 2.38. The fraction of sp³-hybridized carbons (Fsp3) is 0.385. The van der Waals surface area contributed by atoms with Crippen molar-refractivity contribution in [1.82, 2.24) is 0 Å². The van der Waals surface area contributed by atoms with Crippen LogP contribution in [0.3, 0.4) is 0 Å². The summed E-state index contributed by atoms with van der Waals surface area (Å²) in [5, 5.41) is 20.9. The summed E-state index contributed by atoms with van der Waals surface area (Å²) in [7, 11) is 0. The largest absolute Gasteiger partial charge is 0.625 e. The van der Waals surface area contributed by atoms with Crippen LogP contribution in [0.15, 0.2) is 30.3 Å². The van der Waals surface area contributed by atoms with Gasteiger partial charge in [0.25, 0.3) is 0 Å². The smallest absolute Gasteiger partial charge is 0.302 e. The minimum Gasteiger partial charge on any atom is -0.625 e. The lowest BCUT2D eigenvalue weighted by Gasteiger charge is -2.54. The molecule has 0 spiro atoms. The number of hydrogen-bond acceptors (Lipinski definition) is 4. The second-order valence-electron chi connectivity index (χ2n) is 4.59. The Morgan fingerprint density at radius 1 is 1.44 bits per heavy atom. The molecular weight excluding hydrogens is 234 g/mol. The highest BCUT2D eigenvalue weighted by atomic mass is 16.6. The summed E-state index contributed by atoms with van der Waals surface area (Å²) < 4.78 is -1.13. The first-order valence-corrected chi connectivity index (χ1v) is 5.87. The predicted molar refractivity (Wildman–Crippen MR) is 64.3 cm³/mol. The van der Waals surface area contributed by atoms with Crippen LogP contribution in [0.1, 0.15) is 16.8 Å². The van der Waals surface area contributed by atoms with Gasteiger partial charge in [-0.25, -0.2) is 4.79 Å². The fourth-order valence-electron chi connectivity index (χ4n) is 2.51. The van der Waals surface area contributed by atoms with E-state index >= 15 is 0 Å². The molecule has 1 aromatic carbocycles. The van der Waals surface area contributed by atoms with Crippen molar-refractivity contribution in [2.24, 2.45) is 5.92 Å². The lowest BCUT2D eigenvalue weighted by atomic mass is 9.81. The van der Waals surface area contributed by atoms with Crippen LogP contribution in [0.25, 0.3) is 0 Å². The average molecular weight is 249 g/mol. The van der Waals surface area contributed by atoms with Crippen molar-refractivity contribution in [2.45, 2.75) is 12.5 Å². The van der Waals surface area contributed by atoms with E-state index in [1.165, 1.54) is 0 Å². The van der Waals surface area contributed by atoms with Crippen molar-refractivity contribution in [3.63, 3.8) is 0 Å². The molecule has 3 atom stereocenters. The molecule has 1 heterocycles. The number of nitrogens with zero attached hydrogens (tertiary/aromatic N) is 1. The molecule has 5 nitrogen and oxygen atoms in total. The molecule has 1 N–H and O–H groups in total. The maximum absolute atomic E-state index is 12.2. The van der Waals surface area contributed by atoms with Crippen molar-refractivity contribution >= 4 is 12.2 Å². The summed E-state index contributed by atoms with van der Waals surface area (Å²) in [4.78, 5) is 23.1. The summed E-state index contributed by atoms with van der Waals surface area (Å²) in [5.74, 6) is -0.534. The minimum absolute atomic E-state index is 0.0767. The molecule has 0 saturated carbocycles. The number of hydrogen-bond donors (Lipinski definition) is 1. The Balaban J connectivity index is 2.23. The number of aliphatic hydroxyl groups excluding tert-OH is 1. The second-order valence-corrected chi connectivity index (χ2v) is 4.59. The molecule has 0 unspecified atom stereocenters. The van der Waals surface area contributed by atoms with Gasteiger partial charge in [0.15, 0.2) is 6.04 Å². The van der Waals surface area contributed by atoms with Gasteiger partial charge in [-0.2, -0.15) is 0 Å². The van der Waals surface area contributed by atoms with Gasteiger partial charge in [0.2, 0.25) is 5.78 Å². The third kappa shape index (κ3) is 2.08. The number of aliphatic hydroxyl groups is 1. The molecule has 0 bridgehead atoms. The van der Waals surface area contributed by atoms with E-state index < -0.39 is 10.7 Å². The van der Waals surface area contributed by atoms with E-state index in [0.717, 1.165) is 0 Å². The Kier molecular flexibility index (Phi) is 3.56. The molecule has 18 heavy (non-hydrogen) atoms. The zero-order chi connectivity index (χ0) is 13.2. The van der Waals surface area contributed by atoms with Crippen LogP contribution < -0.4 is 0 Å². The Labute approximate surface area is 105 Å². The van der Waals surface area contributed by atoms with Gasteiger partial charge in [-0.3, -0.25) is 9.44 Å². The Morgan fingerprint density at radius 2 is 2.11 bits per heavy atom. The van der Waals surface area contributed by atoms with E-state index in [1.54, 1.807) is 30.3 Å². The lowest BCUT2D eigenvalue weighted by Crippen LogP contribution is -2.69. The van der Waals surface area contributed by atoms with E-state index in [4.69, 9.17) is 5.11 Å². The number of benzene rings is 1. The maximum Gasteiger partial charge on any atom is 0.302 e. The normalized spacial score (nSPS) is 30.6. The predicted octanol–water partition coefficient (Wildman–Crippen LogP) is 0.721. The van der Waals surface area contributed by atoms with Crippen LogP contribution in [-0.4, -0.2) is 41.1 Å². The lowest BCUT2D eigenvalue weighted by molar-refractivity contribution is -0.868. The second kappa shape index (κ2) is 4.97. The van der Waals surface area contributed by atoms with Gasteiger partial charge in [0, 0.05) is 12.2 Å². The molecular formula is C13H15NO4. The molecule has 1 amide bonds. The molecule has 96 valence electrons. The quantitative estimate of drug-likeness (QED) is 0.361. The molecule has 0 aliphatic carbocycles. The van der Waals surface area contributed by atoms with Crippen molar-refractivity contribution in [3.05, 3.63) is 41.1 Å². The van der Waals surface area contributed by atoms with E-state index in [0.29, 0.717) is 12.0 Å². The fourth-order valence-corrected chi connectivity index (χ4v) is 2.51. The van der Waals surface area contributed by atoms with Gasteiger partial charge in [-0.15, -0.1) is 0 Å². The summed E-state index contributed by atoms with van der Waals surface area (Å²) in [6, 6.07) is 7.57. The number of carbonyl (C=O) groups excluding carboxylic acids is 2. The Hall–Kier alpha value is -1.56. The molecule has 5 heteroatoms. The van der Waals surface area contributed by atoms with Crippen LogP contribution in [0.4, 0.5) is 0 Å². The van der Waals surface area contributed by atoms with Crippen molar-refractivity contribution in [1.29, 1.82) is 0 Å². The van der Waals surface area contributed by atoms with E-state index in [1.807, 2.05) is 0 Å². The molecule has 1 aromatic rings. The molecule has 1 aliphatic heterocycles. The molecule has 0 aromatic heterocycles. The highest BCUT2D eigenvalue weighted by Gasteiger charge is 2.53. The van der Waals surface area contributed by atoms with Crippen LogP contribution >= 0.6 is 0 Å². The van der Waals surface area contributed by atoms with Crippen LogP contribution in [-0.2, 0) is 4.79 Å². The Morgan fingerprint density at radius 3 is 2.67 bits per heavy atom. The number of likely N-dealkylation sites (tertiary alicyclic amines) is 1. The van der Waals surface area contributed by atoms with Crippen LogP contribution in [0.5, 0.6) is 0 Å². The SMILES string of the molecule is O=C[N@@+]1([O-])C[C@@H](CCO)[C@@H]1C(=O)c1ccccc1. The third-order valence-electron chi connectivity index (χ3n) is 3.44. The highest BCUT2D eigenvalue weighted by Crippen LogP contribution is 2.35. The standard InChI is InChI=1S/C13H15NO4/c15-7-6-11-8-14(18,9-16)12(11)13(17)10-4-2-1-3-5-10/h1-5,9,11-12,15H,6-8H2/t11-,12-,14+/m1/s1. The summed E-state index contributed by atoms with van der Waals surface area (Å²) in [6.07, 6.45) is 0.651. The van der Waals surface area contributed by atoms with Gasteiger partial charge in [-0.1, -0.05) is 30.3 Å². The Bertz CT molecular complexity index is 448. The number of hydroxylamine groups is 3. The van der Waals surface area contributed by atoms with Crippen molar-refractivity contribution < 1.29 is 19.3 Å². The van der Waals surface area contributed by atoms with E-state index in [9.17, 15) is 14.8 Å². The maximum atomic E-state index is 12.2. The third-order valence-corrected chi connectivity index (χ3v) is 3.44. The van der Waals surface area contributed by atoms with Gasteiger partial charge in [0.05, 0.1) is 12.5 Å². The topological polar surface area (TPSA) is 77.4 Å². The summed E-state index contributed by atoms with van der Waals surface area (Å²) in [6.45, 7) is -0.00457. The van der Waals surface area contributed by atoms with Crippen LogP contribution in [0, 0.1) is 11.1 Å². The van der Waals surface area contributed by atoms with Gasteiger partial charge < -0.3 is 10.3 Å². The number of ketones is 1. The summed E-state index contributed by atoms with van der Waals surface area (Å²) in [5.41, 5.74) is 0.435. The number of Topliss-reactive ketones (excluding diaryl/α,β-unsaturated/α-hetero) is 1. The number of rotatable bonds is 5. The first-order valence-electron chi connectivity index (χ1n) is 5.87. The monoisotopic (exact) mass is 249 g/mol.